The second kappa shape index (κ2) is 6.28. The van der Waals surface area contributed by atoms with Crippen molar-refractivity contribution in [2.45, 2.75) is 11.4 Å². The van der Waals surface area contributed by atoms with Crippen molar-refractivity contribution in [1.29, 1.82) is 0 Å². The molecule has 3 rings (SSSR count). The average Bonchev–Trinajstić information content (AvgIpc) is 2.97. The van der Waals surface area contributed by atoms with Gasteiger partial charge in [-0.05, 0) is 41.3 Å². The van der Waals surface area contributed by atoms with Crippen molar-refractivity contribution in [3.05, 3.63) is 59.1 Å². The minimum absolute atomic E-state index is 0.582. The summed E-state index contributed by atoms with van der Waals surface area (Å²) in [5, 5.41) is 13.2. The van der Waals surface area contributed by atoms with E-state index in [-0.39, 0.29) is 0 Å². The summed E-state index contributed by atoms with van der Waals surface area (Å²) in [6.07, 6.45) is 2.06. The van der Waals surface area contributed by atoms with Gasteiger partial charge in [-0.3, -0.25) is 0 Å². The van der Waals surface area contributed by atoms with Crippen LogP contribution in [0.4, 0.5) is 0 Å². The molecular weight excluding hydrogens is 304 g/mol. The SMILES string of the molecule is CSc1ccc(Cn2nnc(-c3cccc(Cl)c3)n2)cc1. The van der Waals surface area contributed by atoms with Gasteiger partial charge in [0, 0.05) is 15.5 Å². The van der Waals surface area contributed by atoms with Crippen LogP contribution in [-0.2, 0) is 6.54 Å². The lowest BCUT2D eigenvalue weighted by Gasteiger charge is -2.01. The van der Waals surface area contributed by atoms with Gasteiger partial charge in [0.25, 0.3) is 0 Å². The van der Waals surface area contributed by atoms with Crippen LogP contribution < -0.4 is 0 Å². The molecule has 2 aromatic carbocycles. The van der Waals surface area contributed by atoms with Crippen LogP contribution in [-0.4, -0.2) is 26.5 Å². The number of benzene rings is 2. The molecule has 0 aliphatic carbocycles. The number of nitrogens with zero attached hydrogens (tertiary/aromatic N) is 4. The highest BCUT2D eigenvalue weighted by atomic mass is 35.5. The molecule has 0 fully saturated rings. The molecule has 106 valence electrons. The number of halogens is 1. The van der Waals surface area contributed by atoms with E-state index in [4.69, 9.17) is 11.6 Å². The molecule has 0 spiro atoms. The summed E-state index contributed by atoms with van der Waals surface area (Å²) in [6, 6.07) is 15.8. The maximum absolute atomic E-state index is 5.98. The Morgan fingerprint density at radius 2 is 1.95 bits per heavy atom. The van der Waals surface area contributed by atoms with E-state index in [0.29, 0.717) is 17.4 Å². The van der Waals surface area contributed by atoms with E-state index >= 15 is 0 Å². The van der Waals surface area contributed by atoms with Crippen molar-refractivity contribution in [2.24, 2.45) is 0 Å². The number of tetrazole rings is 1. The molecule has 0 saturated carbocycles. The standard InChI is InChI=1S/C15H13ClN4S/c1-21-14-7-5-11(6-8-14)10-20-18-15(17-19-20)12-3-2-4-13(16)9-12/h2-9H,10H2,1H3. The van der Waals surface area contributed by atoms with Crippen LogP contribution in [0.3, 0.4) is 0 Å². The van der Waals surface area contributed by atoms with Gasteiger partial charge in [0.15, 0.2) is 0 Å². The van der Waals surface area contributed by atoms with E-state index in [1.807, 2.05) is 24.3 Å². The summed E-state index contributed by atoms with van der Waals surface area (Å²) in [5.74, 6) is 0.582. The van der Waals surface area contributed by atoms with Crippen LogP contribution in [0.5, 0.6) is 0 Å². The maximum atomic E-state index is 5.98. The summed E-state index contributed by atoms with van der Waals surface area (Å²) in [4.78, 5) is 2.83. The monoisotopic (exact) mass is 316 g/mol. The zero-order chi connectivity index (χ0) is 14.7. The van der Waals surface area contributed by atoms with Crippen LogP contribution in [0, 0.1) is 0 Å². The number of rotatable bonds is 4. The van der Waals surface area contributed by atoms with E-state index < -0.39 is 0 Å². The number of aromatic nitrogens is 4. The Morgan fingerprint density at radius 1 is 1.14 bits per heavy atom. The van der Waals surface area contributed by atoms with E-state index in [2.05, 4.69) is 45.9 Å². The molecule has 6 heteroatoms. The van der Waals surface area contributed by atoms with Gasteiger partial charge in [-0.25, -0.2) is 0 Å². The molecule has 1 heterocycles. The molecule has 21 heavy (non-hydrogen) atoms. The fourth-order valence-corrected chi connectivity index (χ4v) is 2.55. The molecule has 0 atom stereocenters. The molecule has 0 radical (unpaired) electrons. The van der Waals surface area contributed by atoms with Crippen LogP contribution in [0.25, 0.3) is 11.4 Å². The lowest BCUT2D eigenvalue weighted by molar-refractivity contribution is 0.572. The van der Waals surface area contributed by atoms with Gasteiger partial charge >= 0.3 is 0 Å². The molecule has 3 aromatic rings. The molecule has 0 N–H and O–H groups in total. The molecule has 0 unspecified atom stereocenters. The highest BCUT2D eigenvalue weighted by molar-refractivity contribution is 7.98. The van der Waals surface area contributed by atoms with Crippen molar-refractivity contribution in [3.8, 4) is 11.4 Å². The van der Waals surface area contributed by atoms with E-state index in [1.54, 1.807) is 16.6 Å². The predicted octanol–water partition coefficient (Wildman–Crippen LogP) is 3.76. The summed E-state index contributed by atoms with van der Waals surface area (Å²) >= 11 is 7.70. The molecular formula is C15H13ClN4S. The summed E-state index contributed by atoms with van der Waals surface area (Å²) < 4.78 is 0. The first-order valence-corrected chi connectivity index (χ1v) is 8.01. The Kier molecular flexibility index (Phi) is 4.22. The molecule has 1 aromatic heterocycles. The van der Waals surface area contributed by atoms with Gasteiger partial charge in [0.2, 0.25) is 5.82 Å². The Balaban J connectivity index is 1.78. The minimum atomic E-state index is 0.582. The Morgan fingerprint density at radius 3 is 2.67 bits per heavy atom. The van der Waals surface area contributed by atoms with Crippen molar-refractivity contribution in [1.82, 2.24) is 20.2 Å². The topological polar surface area (TPSA) is 43.6 Å². The summed E-state index contributed by atoms with van der Waals surface area (Å²) in [6.45, 7) is 0.599. The summed E-state index contributed by atoms with van der Waals surface area (Å²) in [5.41, 5.74) is 2.01. The van der Waals surface area contributed by atoms with Gasteiger partial charge in [-0.15, -0.1) is 22.0 Å². The highest BCUT2D eigenvalue weighted by Gasteiger charge is 2.06. The second-order valence-electron chi connectivity index (χ2n) is 4.50. The quantitative estimate of drug-likeness (QED) is 0.687. The van der Waals surface area contributed by atoms with Gasteiger partial charge in [-0.2, -0.15) is 4.80 Å². The third kappa shape index (κ3) is 3.43. The minimum Gasteiger partial charge on any atom is -0.159 e. The first kappa shape index (κ1) is 14.1. The highest BCUT2D eigenvalue weighted by Crippen LogP contribution is 2.19. The number of thioether (sulfide) groups is 1. The summed E-state index contributed by atoms with van der Waals surface area (Å²) in [7, 11) is 0. The second-order valence-corrected chi connectivity index (χ2v) is 5.82. The maximum Gasteiger partial charge on any atom is 0.204 e. The van der Waals surface area contributed by atoms with Gasteiger partial charge in [0.05, 0.1) is 6.54 Å². The van der Waals surface area contributed by atoms with Crippen molar-refractivity contribution >= 4 is 23.4 Å². The fourth-order valence-electron chi connectivity index (χ4n) is 1.95. The lowest BCUT2D eigenvalue weighted by Crippen LogP contribution is -2.03. The molecule has 0 aliphatic rings. The Bertz CT molecular complexity index is 739. The predicted molar refractivity (Wildman–Crippen MR) is 85.6 cm³/mol. The smallest absolute Gasteiger partial charge is 0.159 e. The molecule has 4 nitrogen and oxygen atoms in total. The van der Waals surface area contributed by atoms with Crippen molar-refractivity contribution in [3.63, 3.8) is 0 Å². The normalized spacial score (nSPS) is 10.8. The lowest BCUT2D eigenvalue weighted by atomic mass is 10.2. The largest absolute Gasteiger partial charge is 0.204 e. The first-order chi connectivity index (χ1) is 10.2. The average molecular weight is 317 g/mol. The first-order valence-electron chi connectivity index (χ1n) is 6.41. The zero-order valence-electron chi connectivity index (χ0n) is 11.4. The molecule has 0 amide bonds. The Labute approximate surface area is 132 Å². The van der Waals surface area contributed by atoms with Crippen molar-refractivity contribution < 1.29 is 0 Å². The van der Waals surface area contributed by atoms with Gasteiger partial charge < -0.3 is 0 Å². The van der Waals surface area contributed by atoms with E-state index in [0.717, 1.165) is 11.1 Å². The number of hydrogen-bond donors (Lipinski definition) is 0. The van der Waals surface area contributed by atoms with Crippen LogP contribution in [0.15, 0.2) is 53.4 Å². The fraction of sp³-hybridized carbons (Fsp3) is 0.133. The van der Waals surface area contributed by atoms with Crippen LogP contribution in [0.2, 0.25) is 5.02 Å². The Hall–Kier alpha value is -1.85. The molecule has 0 saturated heterocycles. The van der Waals surface area contributed by atoms with Gasteiger partial charge in [-0.1, -0.05) is 35.9 Å². The van der Waals surface area contributed by atoms with E-state index in [9.17, 15) is 0 Å². The van der Waals surface area contributed by atoms with Crippen LogP contribution >= 0.6 is 23.4 Å². The molecule has 0 bridgehead atoms. The van der Waals surface area contributed by atoms with Crippen molar-refractivity contribution in [2.75, 3.05) is 6.26 Å². The van der Waals surface area contributed by atoms with Crippen LogP contribution in [0.1, 0.15) is 5.56 Å². The molecule has 0 aliphatic heterocycles. The third-order valence-corrected chi connectivity index (χ3v) is 4.00. The zero-order valence-corrected chi connectivity index (χ0v) is 13.0. The van der Waals surface area contributed by atoms with Gasteiger partial charge in [0.1, 0.15) is 0 Å². The van der Waals surface area contributed by atoms with E-state index in [1.165, 1.54) is 4.90 Å². The third-order valence-electron chi connectivity index (χ3n) is 3.02. The number of hydrogen-bond acceptors (Lipinski definition) is 4.